The molecule has 8 nitrogen and oxygen atoms in total. The molecule has 0 aromatic carbocycles. The van der Waals surface area contributed by atoms with E-state index < -0.39 is 5.97 Å². The number of aryl methyl sites for hydroxylation is 1. The Kier molecular flexibility index (Phi) is 4.78. The van der Waals surface area contributed by atoms with Crippen molar-refractivity contribution in [3.8, 4) is 11.3 Å². The summed E-state index contributed by atoms with van der Waals surface area (Å²) in [5, 5.41) is 12.1. The van der Waals surface area contributed by atoms with Gasteiger partial charge in [-0.05, 0) is 30.5 Å². The number of carboxylic acid groups (broad SMARTS) is 1. The first kappa shape index (κ1) is 16.7. The Bertz CT molecular complexity index is 888. The van der Waals surface area contributed by atoms with Crippen LogP contribution in [-0.2, 0) is 11.2 Å². The van der Waals surface area contributed by atoms with Gasteiger partial charge in [0.1, 0.15) is 17.2 Å². The lowest BCUT2D eigenvalue weighted by Crippen LogP contribution is -2.07. The van der Waals surface area contributed by atoms with Gasteiger partial charge in [0.05, 0.1) is 0 Å². The third kappa shape index (κ3) is 3.68. The standard InChI is InChI=1S/C17H20N6O2/c1-2-11-5-7-23-13(8-11)22-15(12-9-20-17(18)21-10-12)16(23)19-6-3-4-14(24)25/h5,7-10,19H,2-4,6H2,1H3,(H,24,25)(H2,18,20,21). The number of imidazole rings is 1. The van der Waals surface area contributed by atoms with Crippen molar-refractivity contribution >= 4 is 23.4 Å². The van der Waals surface area contributed by atoms with Crippen LogP contribution in [0.25, 0.3) is 16.9 Å². The van der Waals surface area contributed by atoms with Gasteiger partial charge in [-0.2, -0.15) is 0 Å². The van der Waals surface area contributed by atoms with E-state index in [1.165, 1.54) is 5.56 Å². The van der Waals surface area contributed by atoms with Crippen LogP contribution in [0.2, 0.25) is 0 Å². The van der Waals surface area contributed by atoms with E-state index in [4.69, 9.17) is 15.8 Å². The average Bonchev–Trinajstić information content (AvgIpc) is 2.96. The zero-order valence-electron chi connectivity index (χ0n) is 13.9. The number of fused-ring (bicyclic) bond motifs is 1. The number of hydrogen-bond donors (Lipinski definition) is 3. The lowest BCUT2D eigenvalue weighted by Gasteiger charge is -2.08. The van der Waals surface area contributed by atoms with Crippen LogP contribution in [0.5, 0.6) is 0 Å². The maximum Gasteiger partial charge on any atom is 0.303 e. The highest BCUT2D eigenvalue weighted by Crippen LogP contribution is 2.28. The Hall–Kier alpha value is -3.16. The van der Waals surface area contributed by atoms with Gasteiger partial charge in [0.2, 0.25) is 5.95 Å². The van der Waals surface area contributed by atoms with Gasteiger partial charge >= 0.3 is 5.97 Å². The van der Waals surface area contributed by atoms with Gasteiger partial charge in [-0.15, -0.1) is 0 Å². The van der Waals surface area contributed by atoms with E-state index in [1.807, 2.05) is 22.7 Å². The Morgan fingerprint density at radius 3 is 2.80 bits per heavy atom. The molecule has 8 heteroatoms. The Morgan fingerprint density at radius 1 is 1.36 bits per heavy atom. The van der Waals surface area contributed by atoms with E-state index in [1.54, 1.807) is 12.4 Å². The van der Waals surface area contributed by atoms with Crippen molar-refractivity contribution in [2.75, 3.05) is 17.6 Å². The minimum atomic E-state index is -0.806. The van der Waals surface area contributed by atoms with Gasteiger partial charge in [-0.3, -0.25) is 9.20 Å². The molecule has 0 fully saturated rings. The third-order valence-electron chi connectivity index (χ3n) is 3.90. The molecule has 0 aliphatic heterocycles. The zero-order chi connectivity index (χ0) is 17.8. The number of nitrogens with zero attached hydrogens (tertiary/aromatic N) is 4. The molecule has 0 aliphatic rings. The number of carboxylic acids is 1. The summed E-state index contributed by atoms with van der Waals surface area (Å²) in [7, 11) is 0. The summed E-state index contributed by atoms with van der Waals surface area (Å²) in [6.07, 6.45) is 6.78. The number of anilines is 2. The molecule has 0 aliphatic carbocycles. The molecule has 0 atom stereocenters. The second-order valence-electron chi connectivity index (χ2n) is 5.68. The first-order valence-electron chi connectivity index (χ1n) is 8.13. The molecule has 0 saturated heterocycles. The monoisotopic (exact) mass is 340 g/mol. The fourth-order valence-corrected chi connectivity index (χ4v) is 2.58. The summed E-state index contributed by atoms with van der Waals surface area (Å²) in [5.74, 6) is 0.188. The number of aliphatic carboxylic acids is 1. The number of aromatic nitrogens is 4. The molecule has 3 aromatic heterocycles. The smallest absolute Gasteiger partial charge is 0.303 e. The van der Waals surface area contributed by atoms with Crippen molar-refractivity contribution in [1.82, 2.24) is 19.4 Å². The molecule has 0 bridgehead atoms. The highest BCUT2D eigenvalue weighted by Gasteiger charge is 2.15. The Balaban J connectivity index is 1.99. The van der Waals surface area contributed by atoms with Crippen LogP contribution in [0, 0.1) is 0 Å². The van der Waals surface area contributed by atoms with Crippen LogP contribution in [0.3, 0.4) is 0 Å². The lowest BCUT2D eigenvalue weighted by atomic mass is 10.2. The quantitative estimate of drug-likeness (QED) is 0.564. The van der Waals surface area contributed by atoms with Crippen molar-refractivity contribution < 1.29 is 9.90 Å². The van der Waals surface area contributed by atoms with Gasteiger partial charge in [-0.25, -0.2) is 15.0 Å². The van der Waals surface area contributed by atoms with E-state index in [2.05, 4.69) is 22.2 Å². The Labute approximate surface area is 144 Å². The fourth-order valence-electron chi connectivity index (χ4n) is 2.58. The number of rotatable bonds is 7. The first-order chi connectivity index (χ1) is 12.1. The molecule has 4 N–H and O–H groups in total. The van der Waals surface area contributed by atoms with Crippen LogP contribution in [0.1, 0.15) is 25.3 Å². The molecular weight excluding hydrogens is 320 g/mol. The highest BCUT2D eigenvalue weighted by molar-refractivity contribution is 5.76. The summed E-state index contributed by atoms with van der Waals surface area (Å²) in [6.45, 7) is 2.62. The largest absolute Gasteiger partial charge is 0.481 e. The van der Waals surface area contributed by atoms with E-state index in [-0.39, 0.29) is 12.4 Å². The predicted molar refractivity (Wildman–Crippen MR) is 95.4 cm³/mol. The van der Waals surface area contributed by atoms with E-state index >= 15 is 0 Å². The lowest BCUT2D eigenvalue weighted by molar-refractivity contribution is -0.137. The number of hydrogen-bond acceptors (Lipinski definition) is 6. The van der Waals surface area contributed by atoms with Crippen LogP contribution in [0.4, 0.5) is 11.8 Å². The SMILES string of the molecule is CCc1ccn2c(NCCCC(=O)O)c(-c3cnc(N)nc3)nc2c1. The first-order valence-corrected chi connectivity index (χ1v) is 8.13. The number of nitrogens with one attached hydrogen (secondary N) is 1. The number of nitrogen functional groups attached to an aromatic ring is 1. The van der Waals surface area contributed by atoms with Crippen molar-refractivity contribution in [2.45, 2.75) is 26.2 Å². The van der Waals surface area contributed by atoms with Crippen molar-refractivity contribution in [1.29, 1.82) is 0 Å². The number of nitrogens with two attached hydrogens (primary N) is 1. The number of pyridine rings is 1. The highest BCUT2D eigenvalue weighted by atomic mass is 16.4. The zero-order valence-corrected chi connectivity index (χ0v) is 13.9. The second kappa shape index (κ2) is 7.16. The average molecular weight is 340 g/mol. The van der Waals surface area contributed by atoms with E-state index in [9.17, 15) is 4.79 Å². The van der Waals surface area contributed by atoms with Gasteiger partial charge in [-0.1, -0.05) is 6.92 Å². The van der Waals surface area contributed by atoms with E-state index in [0.29, 0.717) is 18.7 Å². The molecule has 0 unspecified atom stereocenters. The third-order valence-corrected chi connectivity index (χ3v) is 3.90. The van der Waals surface area contributed by atoms with Gasteiger partial charge < -0.3 is 16.2 Å². The number of carbonyl (C=O) groups is 1. The van der Waals surface area contributed by atoms with Crippen molar-refractivity contribution in [3.63, 3.8) is 0 Å². The van der Waals surface area contributed by atoms with E-state index in [0.717, 1.165) is 23.4 Å². The molecule has 0 radical (unpaired) electrons. The van der Waals surface area contributed by atoms with Gasteiger partial charge in [0.25, 0.3) is 0 Å². The molecular formula is C17H20N6O2. The van der Waals surface area contributed by atoms with Crippen LogP contribution >= 0.6 is 0 Å². The topological polar surface area (TPSA) is 118 Å². The fraction of sp³-hybridized carbons (Fsp3) is 0.294. The van der Waals surface area contributed by atoms with Crippen molar-refractivity contribution in [3.05, 3.63) is 36.3 Å². The van der Waals surface area contributed by atoms with Crippen LogP contribution < -0.4 is 11.1 Å². The molecule has 25 heavy (non-hydrogen) atoms. The molecule has 3 rings (SSSR count). The normalized spacial score (nSPS) is 10.9. The Morgan fingerprint density at radius 2 is 2.12 bits per heavy atom. The summed E-state index contributed by atoms with van der Waals surface area (Å²) >= 11 is 0. The summed E-state index contributed by atoms with van der Waals surface area (Å²) in [6, 6.07) is 4.07. The van der Waals surface area contributed by atoms with Crippen LogP contribution in [0.15, 0.2) is 30.7 Å². The molecule has 130 valence electrons. The molecule has 3 aromatic rings. The van der Waals surface area contributed by atoms with Crippen molar-refractivity contribution in [2.24, 2.45) is 0 Å². The minimum absolute atomic E-state index is 0.115. The van der Waals surface area contributed by atoms with Gasteiger partial charge in [0, 0.05) is 37.1 Å². The summed E-state index contributed by atoms with van der Waals surface area (Å²) < 4.78 is 1.95. The maximum atomic E-state index is 10.7. The maximum absolute atomic E-state index is 10.7. The minimum Gasteiger partial charge on any atom is -0.481 e. The predicted octanol–water partition coefficient (Wildman–Crippen LogP) is 2.21. The second-order valence-corrected chi connectivity index (χ2v) is 5.68. The van der Waals surface area contributed by atoms with Crippen LogP contribution in [-0.4, -0.2) is 37.0 Å². The van der Waals surface area contributed by atoms with Gasteiger partial charge in [0.15, 0.2) is 0 Å². The molecule has 3 heterocycles. The molecule has 0 saturated carbocycles. The summed E-state index contributed by atoms with van der Waals surface area (Å²) in [4.78, 5) is 23.5. The molecule has 0 spiro atoms. The molecule has 0 amide bonds. The summed E-state index contributed by atoms with van der Waals surface area (Å²) in [5.41, 5.74) is 9.02.